The summed E-state index contributed by atoms with van der Waals surface area (Å²) in [4.78, 5) is 40.9. The number of piperazine rings is 1. The summed E-state index contributed by atoms with van der Waals surface area (Å²) in [5.41, 5.74) is 2.72. The lowest BCUT2D eigenvalue weighted by molar-refractivity contribution is 0.0123. The number of fused-ring (bicyclic) bond motifs is 4. The Morgan fingerprint density at radius 2 is 1.89 bits per heavy atom. The molecule has 6 rings (SSSR count). The molecule has 0 aliphatic carbocycles. The van der Waals surface area contributed by atoms with Crippen LogP contribution in [0, 0.1) is 0 Å². The Labute approximate surface area is 220 Å². The number of ether oxygens (including phenoxy) is 2. The molecule has 0 saturated carbocycles. The number of carbonyl (C=O) groups is 2. The third-order valence-electron chi connectivity index (χ3n) is 7.36. The largest absolute Gasteiger partial charge is 0.494 e. The van der Waals surface area contributed by atoms with Crippen molar-refractivity contribution in [2.45, 2.75) is 57.7 Å². The Morgan fingerprint density at radius 3 is 2.61 bits per heavy atom. The molecule has 3 aliphatic heterocycles. The first-order valence-corrected chi connectivity index (χ1v) is 12.9. The van der Waals surface area contributed by atoms with Crippen molar-refractivity contribution in [2.75, 3.05) is 41.9 Å². The molecule has 12 heteroatoms. The summed E-state index contributed by atoms with van der Waals surface area (Å²) in [6, 6.07) is 3.66. The SMILES string of the molecule is COc1cc2ncnn2cc1NC(=O)N1CCc2c(N3CC4CCC(C3)N4C(=O)OC(C)(C)C)ccnc21. The molecule has 2 fully saturated rings. The number of hydrogen-bond acceptors (Lipinski definition) is 8. The van der Waals surface area contributed by atoms with Crippen LogP contribution < -0.4 is 19.9 Å². The van der Waals surface area contributed by atoms with Gasteiger partial charge in [-0.3, -0.25) is 9.80 Å². The van der Waals surface area contributed by atoms with Gasteiger partial charge in [-0.2, -0.15) is 5.10 Å². The van der Waals surface area contributed by atoms with Gasteiger partial charge < -0.3 is 19.7 Å². The van der Waals surface area contributed by atoms with E-state index in [1.807, 2.05) is 31.7 Å². The molecular weight excluding hydrogens is 488 g/mol. The molecule has 12 nitrogen and oxygen atoms in total. The van der Waals surface area contributed by atoms with E-state index < -0.39 is 5.60 Å². The normalized spacial score (nSPS) is 20.6. The molecule has 6 heterocycles. The van der Waals surface area contributed by atoms with E-state index in [-0.39, 0.29) is 24.2 Å². The molecule has 3 aromatic heterocycles. The predicted octanol–water partition coefficient (Wildman–Crippen LogP) is 3.32. The van der Waals surface area contributed by atoms with E-state index in [4.69, 9.17) is 9.47 Å². The first kappa shape index (κ1) is 24.3. The second-order valence-electron chi connectivity index (χ2n) is 11.0. The zero-order valence-corrected chi connectivity index (χ0v) is 22.0. The first-order chi connectivity index (χ1) is 18.2. The topological polar surface area (TPSA) is 117 Å². The Kier molecular flexibility index (Phi) is 5.77. The van der Waals surface area contributed by atoms with E-state index in [1.165, 1.54) is 6.33 Å². The molecule has 2 atom stereocenters. The van der Waals surface area contributed by atoms with E-state index in [1.54, 1.807) is 35.0 Å². The summed E-state index contributed by atoms with van der Waals surface area (Å²) in [6.45, 7) is 7.67. The number of hydrogen-bond donors (Lipinski definition) is 1. The summed E-state index contributed by atoms with van der Waals surface area (Å²) >= 11 is 0. The Morgan fingerprint density at radius 1 is 1.13 bits per heavy atom. The molecule has 1 N–H and O–H groups in total. The minimum absolute atomic E-state index is 0.104. The highest BCUT2D eigenvalue weighted by molar-refractivity contribution is 6.03. The van der Waals surface area contributed by atoms with Crippen molar-refractivity contribution in [3.05, 3.63) is 36.4 Å². The fourth-order valence-electron chi connectivity index (χ4n) is 5.77. The maximum Gasteiger partial charge on any atom is 0.410 e. The van der Waals surface area contributed by atoms with E-state index in [0.717, 1.165) is 37.2 Å². The molecule has 2 unspecified atom stereocenters. The Balaban J connectivity index is 1.20. The molecule has 3 amide bonds. The van der Waals surface area contributed by atoms with Crippen LogP contribution in [0.2, 0.25) is 0 Å². The van der Waals surface area contributed by atoms with Crippen molar-refractivity contribution in [3.63, 3.8) is 0 Å². The van der Waals surface area contributed by atoms with Gasteiger partial charge in [0.05, 0.1) is 25.4 Å². The van der Waals surface area contributed by atoms with Crippen LogP contribution in [0.1, 0.15) is 39.2 Å². The Bertz CT molecular complexity index is 1390. The summed E-state index contributed by atoms with van der Waals surface area (Å²) in [5.74, 6) is 1.15. The van der Waals surface area contributed by atoms with Gasteiger partial charge in [0, 0.05) is 43.1 Å². The van der Waals surface area contributed by atoms with Crippen LogP contribution in [0.5, 0.6) is 5.75 Å². The van der Waals surface area contributed by atoms with Crippen molar-refractivity contribution >= 4 is 35.0 Å². The van der Waals surface area contributed by atoms with E-state index in [2.05, 4.69) is 25.3 Å². The fourth-order valence-corrected chi connectivity index (χ4v) is 5.77. The van der Waals surface area contributed by atoms with E-state index in [0.29, 0.717) is 35.9 Å². The lowest BCUT2D eigenvalue weighted by Crippen LogP contribution is -2.57. The van der Waals surface area contributed by atoms with Gasteiger partial charge in [-0.05, 0) is 46.1 Å². The smallest absolute Gasteiger partial charge is 0.410 e. The van der Waals surface area contributed by atoms with E-state index in [9.17, 15) is 9.59 Å². The molecule has 2 saturated heterocycles. The van der Waals surface area contributed by atoms with Gasteiger partial charge in [0.1, 0.15) is 29.2 Å². The van der Waals surface area contributed by atoms with Crippen molar-refractivity contribution in [3.8, 4) is 5.75 Å². The van der Waals surface area contributed by atoms with Gasteiger partial charge in [0.15, 0.2) is 5.65 Å². The van der Waals surface area contributed by atoms with Crippen molar-refractivity contribution < 1.29 is 19.1 Å². The molecule has 0 aromatic carbocycles. The molecule has 0 spiro atoms. The quantitative estimate of drug-likeness (QED) is 0.559. The molecular formula is C26H32N8O4. The second-order valence-corrected chi connectivity index (χ2v) is 11.0. The molecule has 2 bridgehead atoms. The minimum Gasteiger partial charge on any atom is -0.494 e. The van der Waals surface area contributed by atoms with Crippen LogP contribution in [0.4, 0.5) is 26.8 Å². The molecule has 0 radical (unpaired) electrons. The zero-order chi connectivity index (χ0) is 26.6. The summed E-state index contributed by atoms with van der Waals surface area (Å²) in [6.07, 6.45) is 7.27. The van der Waals surface area contributed by atoms with Crippen LogP contribution in [0.3, 0.4) is 0 Å². The third kappa shape index (κ3) is 4.23. The van der Waals surface area contributed by atoms with Crippen LogP contribution >= 0.6 is 0 Å². The average molecular weight is 521 g/mol. The highest BCUT2D eigenvalue weighted by Gasteiger charge is 2.45. The number of carbonyl (C=O) groups excluding carboxylic acids is 2. The van der Waals surface area contributed by atoms with Gasteiger partial charge in [-0.15, -0.1) is 0 Å². The Hall–Kier alpha value is -4.09. The number of nitrogens with zero attached hydrogens (tertiary/aromatic N) is 7. The minimum atomic E-state index is -0.519. The number of urea groups is 1. The lowest BCUT2D eigenvalue weighted by Gasteiger charge is -2.42. The lowest BCUT2D eigenvalue weighted by atomic mass is 10.1. The van der Waals surface area contributed by atoms with Gasteiger partial charge >= 0.3 is 12.1 Å². The van der Waals surface area contributed by atoms with Crippen LogP contribution in [0.15, 0.2) is 30.9 Å². The number of nitrogens with one attached hydrogen (secondary N) is 1. The van der Waals surface area contributed by atoms with Gasteiger partial charge in [-0.1, -0.05) is 0 Å². The molecule has 38 heavy (non-hydrogen) atoms. The third-order valence-corrected chi connectivity index (χ3v) is 7.36. The van der Waals surface area contributed by atoms with Crippen molar-refractivity contribution in [1.29, 1.82) is 0 Å². The van der Waals surface area contributed by atoms with Gasteiger partial charge in [0.25, 0.3) is 0 Å². The summed E-state index contributed by atoms with van der Waals surface area (Å²) in [5, 5.41) is 7.09. The number of amides is 3. The summed E-state index contributed by atoms with van der Waals surface area (Å²) in [7, 11) is 1.55. The monoisotopic (exact) mass is 520 g/mol. The standard InChI is InChI=1S/C26H32N8O4/c1-26(2,3)38-25(36)34-16-5-6-17(34)13-31(12-16)20-7-9-27-23-18(20)8-10-32(23)24(35)30-19-14-33-22(28-15-29-33)11-21(19)37-4/h7,9,11,14-17H,5-6,8,10,12-13H2,1-4H3,(H,30,35). The molecule has 3 aromatic rings. The zero-order valence-electron chi connectivity index (χ0n) is 22.0. The van der Waals surface area contributed by atoms with Crippen LogP contribution in [-0.2, 0) is 11.2 Å². The van der Waals surface area contributed by atoms with Gasteiger partial charge in [0.2, 0.25) is 0 Å². The summed E-state index contributed by atoms with van der Waals surface area (Å²) < 4.78 is 12.7. The highest BCUT2D eigenvalue weighted by Crippen LogP contribution is 2.39. The van der Waals surface area contributed by atoms with Crippen LogP contribution in [-0.4, -0.2) is 81.0 Å². The molecule has 200 valence electrons. The average Bonchev–Trinajstić information content (AvgIpc) is 3.57. The van der Waals surface area contributed by atoms with Crippen LogP contribution in [0.25, 0.3) is 5.65 Å². The fraction of sp³-hybridized carbons (Fsp3) is 0.500. The molecule has 3 aliphatic rings. The predicted molar refractivity (Wildman–Crippen MR) is 141 cm³/mol. The number of methoxy groups -OCH3 is 1. The number of rotatable bonds is 3. The second kappa shape index (κ2) is 9.03. The highest BCUT2D eigenvalue weighted by atomic mass is 16.6. The number of aromatic nitrogens is 4. The van der Waals surface area contributed by atoms with Gasteiger partial charge in [-0.25, -0.2) is 24.1 Å². The van der Waals surface area contributed by atoms with E-state index >= 15 is 0 Å². The van der Waals surface area contributed by atoms with Crippen molar-refractivity contribution in [2.24, 2.45) is 0 Å². The number of anilines is 3. The number of pyridine rings is 2. The van der Waals surface area contributed by atoms with Crippen molar-refractivity contribution in [1.82, 2.24) is 24.5 Å². The maximum absolute atomic E-state index is 13.4. The first-order valence-electron chi connectivity index (χ1n) is 12.9. The maximum atomic E-state index is 13.4.